The van der Waals surface area contributed by atoms with Gasteiger partial charge in [0.05, 0.1) is 12.5 Å². The van der Waals surface area contributed by atoms with Gasteiger partial charge in [0.2, 0.25) is 5.91 Å². The van der Waals surface area contributed by atoms with Gasteiger partial charge in [-0.1, -0.05) is 13.3 Å². The largest absolute Gasteiger partial charge is 0.349 e. The summed E-state index contributed by atoms with van der Waals surface area (Å²) in [7, 11) is 1.90. The number of nitrogens with two attached hydrogens (primary N) is 1. The van der Waals surface area contributed by atoms with E-state index >= 15 is 0 Å². The first kappa shape index (κ1) is 12.7. The van der Waals surface area contributed by atoms with Gasteiger partial charge >= 0.3 is 0 Å². The number of rotatable bonds is 6. The summed E-state index contributed by atoms with van der Waals surface area (Å²) in [6, 6.07) is 0. The molecular formula is C11H20N4O. The van der Waals surface area contributed by atoms with Crippen LogP contribution in [0.15, 0.2) is 12.4 Å². The molecule has 0 radical (unpaired) electrons. The van der Waals surface area contributed by atoms with Crippen molar-refractivity contribution in [2.75, 3.05) is 6.54 Å². The van der Waals surface area contributed by atoms with Gasteiger partial charge in [-0.25, -0.2) is 4.98 Å². The van der Waals surface area contributed by atoms with E-state index in [1.54, 1.807) is 6.20 Å². The molecule has 5 nitrogen and oxygen atoms in total. The number of aryl methyl sites for hydroxylation is 1. The molecule has 90 valence electrons. The highest BCUT2D eigenvalue weighted by Crippen LogP contribution is 2.04. The van der Waals surface area contributed by atoms with Crippen LogP contribution in [0, 0.1) is 5.92 Å². The van der Waals surface area contributed by atoms with Gasteiger partial charge in [0.15, 0.2) is 0 Å². The minimum absolute atomic E-state index is 0.0207. The topological polar surface area (TPSA) is 72.9 Å². The van der Waals surface area contributed by atoms with Gasteiger partial charge in [0.1, 0.15) is 5.82 Å². The Hall–Kier alpha value is -1.36. The highest BCUT2D eigenvalue weighted by Gasteiger charge is 2.15. The van der Waals surface area contributed by atoms with Gasteiger partial charge in [0.25, 0.3) is 0 Å². The van der Waals surface area contributed by atoms with Crippen LogP contribution >= 0.6 is 0 Å². The van der Waals surface area contributed by atoms with Crippen LogP contribution in [0.1, 0.15) is 25.6 Å². The second-order valence-corrected chi connectivity index (χ2v) is 3.89. The van der Waals surface area contributed by atoms with Crippen molar-refractivity contribution in [1.29, 1.82) is 0 Å². The maximum absolute atomic E-state index is 11.7. The fourth-order valence-electron chi connectivity index (χ4n) is 1.58. The normalized spacial score (nSPS) is 12.4. The third-order valence-electron chi connectivity index (χ3n) is 2.63. The van der Waals surface area contributed by atoms with Gasteiger partial charge in [-0.05, 0) is 6.42 Å². The van der Waals surface area contributed by atoms with Crippen molar-refractivity contribution < 1.29 is 4.79 Å². The lowest BCUT2D eigenvalue weighted by atomic mass is 10.0. The van der Waals surface area contributed by atoms with Gasteiger partial charge in [0, 0.05) is 26.0 Å². The lowest BCUT2D eigenvalue weighted by Gasteiger charge is -2.13. The zero-order chi connectivity index (χ0) is 12.0. The van der Waals surface area contributed by atoms with E-state index in [9.17, 15) is 4.79 Å². The van der Waals surface area contributed by atoms with Crippen LogP contribution in [0.25, 0.3) is 0 Å². The van der Waals surface area contributed by atoms with Crippen LogP contribution in [-0.4, -0.2) is 22.0 Å². The van der Waals surface area contributed by atoms with E-state index < -0.39 is 0 Å². The molecule has 1 unspecified atom stereocenters. The maximum Gasteiger partial charge on any atom is 0.224 e. The summed E-state index contributed by atoms with van der Waals surface area (Å²) in [5.41, 5.74) is 5.56. The number of nitrogens with one attached hydrogen (secondary N) is 1. The van der Waals surface area contributed by atoms with Crippen molar-refractivity contribution in [2.45, 2.75) is 26.3 Å². The van der Waals surface area contributed by atoms with Crippen molar-refractivity contribution >= 4 is 5.91 Å². The smallest absolute Gasteiger partial charge is 0.224 e. The van der Waals surface area contributed by atoms with Crippen LogP contribution in [0.2, 0.25) is 0 Å². The number of aromatic nitrogens is 2. The van der Waals surface area contributed by atoms with Crippen molar-refractivity contribution in [3.63, 3.8) is 0 Å². The Morgan fingerprint density at radius 3 is 2.94 bits per heavy atom. The molecule has 1 amide bonds. The molecule has 0 saturated carbocycles. The Kier molecular flexibility index (Phi) is 4.98. The van der Waals surface area contributed by atoms with E-state index in [0.717, 1.165) is 18.7 Å². The predicted octanol–water partition coefficient (Wildman–Crippen LogP) is 0.411. The summed E-state index contributed by atoms with van der Waals surface area (Å²) in [6.45, 7) is 2.91. The fraction of sp³-hybridized carbons (Fsp3) is 0.636. The molecule has 1 aromatic rings. The number of carbonyl (C=O) groups is 1. The average Bonchev–Trinajstić information content (AvgIpc) is 2.68. The second-order valence-electron chi connectivity index (χ2n) is 3.89. The van der Waals surface area contributed by atoms with Crippen LogP contribution < -0.4 is 11.1 Å². The first-order valence-corrected chi connectivity index (χ1v) is 5.63. The van der Waals surface area contributed by atoms with Crippen LogP contribution in [0.3, 0.4) is 0 Å². The van der Waals surface area contributed by atoms with E-state index in [4.69, 9.17) is 5.73 Å². The fourth-order valence-corrected chi connectivity index (χ4v) is 1.58. The van der Waals surface area contributed by atoms with Crippen molar-refractivity contribution in [2.24, 2.45) is 18.7 Å². The molecule has 1 rings (SSSR count). The molecule has 0 aliphatic carbocycles. The van der Waals surface area contributed by atoms with Crippen molar-refractivity contribution in [1.82, 2.24) is 14.9 Å². The molecule has 16 heavy (non-hydrogen) atoms. The first-order valence-electron chi connectivity index (χ1n) is 5.63. The lowest BCUT2D eigenvalue weighted by molar-refractivity contribution is -0.125. The summed E-state index contributed by atoms with van der Waals surface area (Å²) >= 11 is 0. The molecular weight excluding hydrogens is 204 g/mol. The Morgan fingerprint density at radius 2 is 2.44 bits per heavy atom. The maximum atomic E-state index is 11.7. The Bertz CT molecular complexity index is 334. The van der Waals surface area contributed by atoms with Crippen LogP contribution in [-0.2, 0) is 18.4 Å². The predicted molar refractivity (Wildman–Crippen MR) is 62.5 cm³/mol. The highest BCUT2D eigenvalue weighted by atomic mass is 16.1. The molecule has 0 aliphatic rings. The second kappa shape index (κ2) is 6.27. The quantitative estimate of drug-likeness (QED) is 0.735. The van der Waals surface area contributed by atoms with E-state index in [1.165, 1.54) is 0 Å². The lowest BCUT2D eigenvalue weighted by Crippen LogP contribution is -2.35. The molecule has 0 fully saturated rings. The molecule has 0 aliphatic heterocycles. The Balaban J connectivity index is 2.42. The summed E-state index contributed by atoms with van der Waals surface area (Å²) in [6.07, 6.45) is 5.38. The number of carbonyl (C=O) groups excluding carboxylic acids is 1. The zero-order valence-electron chi connectivity index (χ0n) is 9.94. The summed E-state index contributed by atoms with van der Waals surface area (Å²) in [5, 5.41) is 2.86. The highest BCUT2D eigenvalue weighted by molar-refractivity contribution is 5.78. The average molecular weight is 224 g/mol. The van der Waals surface area contributed by atoms with E-state index in [1.807, 2.05) is 17.8 Å². The summed E-state index contributed by atoms with van der Waals surface area (Å²) in [4.78, 5) is 15.9. The number of hydrogen-bond acceptors (Lipinski definition) is 3. The van der Waals surface area contributed by atoms with E-state index in [2.05, 4.69) is 17.2 Å². The third-order valence-corrected chi connectivity index (χ3v) is 2.63. The van der Waals surface area contributed by atoms with E-state index in [0.29, 0.717) is 13.1 Å². The van der Waals surface area contributed by atoms with Gasteiger partial charge < -0.3 is 15.6 Å². The molecule has 0 aromatic carbocycles. The van der Waals surface area contributed by atoms with Crippen molar-refractivity contribution in [3.05, 3.63) is 18.2 Å². The van der Waals surface area contributed by atoms with Gasteiger partial charge in [-0.2, -0.15) is 0 Å². The van der Waals surface area contributed by atoms with Gasteiger partial charge in [-0.3, -0.25) is 4.79 Å². The minimum atomic E-state index is -0.0785. The molecule has 1 atom stereocenters. The molecule has 5 heteroatoms. The number of hydrogen-bond donors (Lipinski definition) is 2. The SMILES string of the molecule is CCCC(CN)C(=O)NCc1nccn1C. The molecule has 3 N–H and O–H groups in total. The minimum Gasteiger partial charge on any atom is -0.349 e. The molecule has 0 saturated heterocycles. The number of nitrogens with zero attached hydrogens (tertiary/aromatic N) is 2. The first-order chi connectivity index (χ1) is 7.69. The standard InChI is InChI=1S/C11H20N4O/c1-3-4-9(7-12)11(16)14-8-10-13-5-6-15(10)2/h5-6,9H,3-4,7-8,12H2,1-2H3,(H,14,16). The number of imidazole rings is 1. The third kappa shape index (κ3) is 3.34. The summed E-state index contributed by atoms with van der Waals surface area (Å²) < 4.78 is 1.89. The van der Waals surface area contributed by atoms with Crippen LogP contribution in [0.5, 0.6) is 0 Å². The molecule has 0 bridgehead atoms. The van der Waals surface area contributed by atoms with Gasteiger partial charge in [-0.15, -0.1) is 0 Å². The number of amides is 1. The van der Waals surface area contributed by atoms with Crippen molar-refractivity contribution in [3.8, 4) is 0 Å². The molecule has 0 spiro atoms. The Morgan fingerprint density at radius 1 is 1.69 bits per heavy atom. The molecule has 1 heterocycles. The Labute approximate surface area is 96.0 Å². The van der Waals surface area contributed by atoms with E-state index in [-0.39, 0.29) is 11.8 Å². The monoisotopic (exact) mass is 224 g/mol. The zero-order valence-corrected chi connectivity index (χ0v) is 9.94. The summed E-state index contributed by atoms with van der Waals surface area (Å²) in [5.74, 6) is 0.790. The molecule has 1 aromatic heterocycles. The van der Waals surface area contributed by atoms with Crippen LogP contribution in [0.4, 0.5) is 0 Å².